The molecule has 1 aromatic carbocycles. The summed E-state index contributed by atoms with van der Waals surface area (Å²) < 4.78 is 18.7. The first-order valence-electron chi connectivity index (χ1n) is 5.84. The van der Waals surface area contributed by atoms with Crippen LogP contribution in [-0.2, 0) is 4.79 Å². The Balaban J connectivity index is 3.00. The summed E-state index contributed by atoms with van der Waals surface area (Å²) in [5.41, 5.74) is -0.169. The molecular weight excluding hydrogens is 253 g/mol. The SMILES string of the molecule is CCN(CCC(=O)O)C(=O)c1c(F)cccc1OC. The van der Waals surface area contributed by atoms with E-state index in [4.69, 9.17) is 9.84 Å². The van der Waals surface area contributed by atoms with Gasteiger partial charge in [-0.1, -0.05) is 6.07 Å². The number of carbonyl (C=O) groups is 2. The molecule has 0 unspecified atom stereocenters. The fourth-order valence-electron chi connectivity index (χ4n) is 1.67. The minimum atomic E-state index is -1.01. The third-order valence-electron chi connectivity index (χ3n) is 2.67. The molecule has 0 heterocycles. The highest BCUT2D eigenvalue weighted by atomic mass is 19.1. The zero-order valence-corrected chi connectivity index (χ0v) is 10.9. The van der Waals surface area contributed by atoms with Crippen LogP contribution >= 0.6 is 0 Å². The van der Waals surface area contributed by atoms with E-state index in [0.717, 1.165) is 0 Å². The van der Waals surface area contributed by atoms with Crippen molar-refractivity contribution in [1.82, 2.24) is 4.90 Å². The molecule has 0 aliphatic rings. The number of nitrogens with zero attached hydrogens (tertiary/aromatic N) is 1. The molecule has 0 bridgehead atoms. The quantitative estimate of drug-likeness (QED) is 0.854. The van der Waals surface area contributed by atoms with Crippen LogP contribution in [0.15, 0.2) is 18.2 Å². The minimum absolute atomic E-state index is 0.0299. The third kappa shape index (κ3) is 3.67. The van der Waals surface area contributed by atoms with E-state index < -0.39 is 17.7 Å². The van der Waals surface area contributed by atoms with E-state index >= 15 is 0 Å². The molecule has 0 saturated heterocycles. The average molecular weight is 269 g/mol. The number of rotatable bonds is 6. The van der Waals surface area contributed by atoms with E-state index in [2.05, 4.69) is 0 Å². The highest BCUT2D eigenvalue weighted by Crippen LogP contribution is 2.22. The topological polar surface area (TPSA) is 66.8 Å². The molecule has 0 atom stereocenters. The van der Waals surface area contributed by atoms with Gasteiger partial charge in [-0.15, -0.1) is 0 Å². The van der Waals surface area contributed by atoms with E-state index in [1.165, 1.54) is 30.2 Å². The summed E-state index contributed by atoms with van der Waals surface area (Å²) >= 11 is 0. The maximum Gasteiger partial charge on any atom is 0.305 e. The Kier molecular flexibility index (Phi) is 5.29. The van der Waals surface area contributed by atoms with Crippen molar-refractivity contribution in [3.05, 3.63) is 29.6 Å². The van der Waals surface area contributed by atoms with Gasteiger partial charge >= 0.3 is 5.97 Å². The van der Waals surface area contributed by atoms with Gasteiger partial charge in [-0.3, -0.25) is 9.59 Å². The maximum atomic E-state index is 13.7. The van der Waals surface area contributed by atoms with Gasteiger partial charge < -0.3 is 14.7 Å². The van der Waals surface area contributed by atoms with Gasteiger partial charge in [0, 0.05) is 13.1 Å². The smallest absolute Gasteiger partial charge is 0.305 e. The number of halogens is 1. The molecule has 0 saturated carbocycles. The van der Waals surface area contributed by atoms with Crippen molar-refractivity contribution in [3.63, 3.8) is 0 Å². The molecule has 0 aliphatic heterocycles. The second-order valence-electron chi connectivity index (χ2n) is 3.85. The molecule has 0 fully saturated rings. The lowest BCUT2D eigenvalue weighted by Gasteiger charge is -2.21. The fraction of sp³-hybridized carbons (Fsp3) is 0.385. The lowest BCUT2D eigenvalue weighted by Crippen LogP contribution is -2.33. The fourth-order valence-corrected chi connectivity index (χ4v) is 1.67. The molecule has 19 heavy (non-hydrogen) atoms. The number of methoxy groups -OCH3 is 1. The Hall–Kier alpha value is -2.11. The first-order chi connectivity index (χ1) is 9.01. The summed E-state index contributed by atoms with van der Waals surface area (Å²) in [5.74, 6) is -2.12. The van der Waals surface area contributed by atoms with Crippen LogP contribution in [0.3, 0.4) is 0 Å². The first kappa shape index (κ1) is 14.9. The van der Waals surface area contributed by atoms with Crippen LogP contribution in [0.25, 0.3) is 0 Å². The molecule has 1 amide bonds. The van der Waals surface area contributed by atoms with Crippen LogP contribution in [-0.4, -0.2) is 42.1 Å². The zero-order chi connectivity index (χ0) is 14.4. The van der Waals surface area contributed by atoms with E-state index in [1.807, 2.05) is 0 Å². The van der Waals surface area contributed by atoms with Crippen LogP contribution in [0.2, 0.25) is 0 Å². The van der Waals surface area contributed by atoms with Crippen molar-refractivity contribution >= 4 is 11.9 Å². The molecule has 6 heteroatoms. The molecule has 5 nitrogen and oxygen atoms in total. The number of benzene rings is 1. The van der Waals surface area contributed by atoms with Gasteiger partial charge in [-0.2, -0.15) is 0 Å². The Morgan fingerprint density at radius 3 is 2.63 bits per heavy atom. The summed E-state index contributed by atoms with van der Waals surface area (Å²) in [6.07, 6.45) is -0.184. The normalized spacial score (nSPS) is 10.1. The zero-order valence-electron chi connectivity index (χ0n) is 10.9. The Bertz CT molecular complexity index is 476. The lowest BCUT2D eigenvalue weighted by molar-refractivity contribution is -0.137. The van der Waals surface area contributed by atoms with Crippen LogP contribution in [0, 0.1) is 5.82 Å². The lowest BCUT2D eigenvalue weighted by atomic mass is 10.1. The van der Waals surface area contributed by atoms with Crippen molar-refractivity contribution in [2.24, 2.45) is 0 Å². The predicted octanol–water partition coefficient (Wildman–Crippen LogP) is 1.77. The van der Waals surface area contributed by atoms with Crippen molar-refractivity contribution in [1.29, 1.82) is 0 Å². The van der Waals surface area contributed by atoms with Crippen LogP contribution in [0.1, 0.15) is 23.7 Å². The van der Waals surface area contributed by atoms with Crippen molar-refractivity contribution in [2.45, 2.75) is 13.3 Å². The van der Waals surface area contributed by atoms with Crippen LogP contribution < -0.4 is 4.74 Å². The molecule has 0 aliphatic carbocycles. The van der Waals surface area contributed by atoms with Crippen molar-refractivity contribution < 1.29 is 23.8 Å². The van der Waals surface area contributed by atoms with E-state index in [0.29, 0.717) is 6.54 Å². The molecule has 0 radical (unpaired) electrons. The van der Waals surface area contributed by atoms with Crippen molar-refractivity contribution in [2.75, 3.05) is 20.2 Å². The standard InChI is InChI=1S/C13H16FNO4/c1-3-15(8-7-11(16)17)13(18)12-9(14)5-4-6-10(12)19-2/h4-6H,3,7-8H2,1-2H3,(H,16,17). The molecule has 1 N–H and O–H groups in total. The molecule has 0 aromatic heterocycles. The number of ether oxygens (including phenoxy) is 1. The predicted molar refractivity (Wildman–Crippen MR) is 66.8 cm³/mol. The van der Waals surface area contributed by atoms with Gasteiger partial charge in [-0.25, -0.2) is 4.39 Å². The van der Waals surface area contributed by atoms with Crippen LogP contribution in [0.4, 0.5) is 4.39 Å². The highest BCUT2D eigenvalue weighted by Gasteiger charge is 2.22. The van der Waals surface area contributed by atoms with Crippen LogP contribution in [0.5, 0.6) is 5.75 Å². The summed E-state index contributed by atoms with van der Waals surface area (Å²) in [7, 11) is 1.35. The third-order valence-corrected chi connectivity index (χ3v) is 2.67. The monoisotopic (exact) mass is 269 g/mol. The summed E-state index contributed by atoms with van der Waals surface area (Å²) in [4.78, 5) is 24.0. The molecule has 104 valence electrons. The number of aliphatic carboxylic acids is 1. The van der Waals surface area contributed by atoms with Gasteiger partial charge in [0.1, 0.15) is 17.1 Å². The average Bonchev–Trinajstić information content (AvgIpc) is 2.38. The number of carboxylic acid groups (broad SMARTS) is 1. The molecule has 0 spiro atoms. The number of amides is 1. The molecular formula is C13H16FNO4. The number of hydrogen-bond donors (Lipinski definition) is 1. The molecule has 1 rings (SSSR count). The number of carboxylic acids is 1. The second-order valence-corrected chi connectivity index (χ2v) is 3.85. The summed E-state index contributed by atoms with van der Waals surface area (Å²) in [6, 6.07) is 4.10. The van der Waals surface area contributed by atoms with Crippen molar-refractivity contribution in [3.8, 4) is 5.75 Å². The Morgan fingerprint density at radius 2 is 2.11 bits per heavy atom. The van der Waals surface area contributed by atoms with Gasteiger partial charge in [0.15, 0.2) is 0 Å². The van der Waals surface area contributed by atoms with Gasteiger partial charge in [0.05, 0.1) is 13.5 Å². The summed E-state index contributed by atoms with van der Waals surface area (Å²) in [6.45, 7) is 2.03. The number of hydrogen-bond acceptors (Lipinski definition) is 3. The molecule has 1 aromatic rings. The van der Waals surface area contributed by atoms with Gasteiger partial charge in [0.2, 0.25) is 0 Å². The Morgan fingerprint density at radius 1 is 1.42 bits per heavy atom. The highest BCUT2D eigenvalue weighted by molar-refractivity contribution is 5.97. The largest absolute Gasteiger partial charge is 0.496 e. The minimum Gasteiger partial charge on any atom is -0.496 e. The van der Waals surface area contributed by atoms with Gasteiger partial charge in [0.25, 0.3) is 5.91 Å². The maximum absolute atomic E-state index is 13.7. The van der Waals surface area contributed by atoms with E-state index in [-0.39, 0.29) is 24.3 Å². The van der Waals surface area contributed by atoms with E-state index in [1.54, 1.807) is 6.92 Å². The Labute approximate surface area is 110 Å². The number of carbonyl (C=O) groups excluding carboxylic acids is 1. The second kappa shape index (κ2) is 6.72. The van der Waals surface area contributed by atoms with Gasteiger partial charge in [-0.05, 0) is 19.1 Å². The first-order valence-corrected chi connectivity index (χ1v) is 5.84. The van der Waals surface area contributed by atoms with E-state index in [9.17, 15) is 14.0 Å². The summed E-state index contributed by atoms with van der Waals surface area (Å²) in [5, 5.41) is 8.63.